The summed E-state index contributed by atoms with van der Waals surface area (Å²) in [5, 5.41) is 3.17. The lowest BCUT2D eigenvalue weighted by Crippen LogP contribution is -2.42. The van der Waals surface area contributed by atoms with Crippen LogP contribution in [0.2, 0.25) is 5.02 Å². The predicted octanol–water partition coefficient (Wildman–Crippen LogP) is 3.13. The quantitative estimate of drug-likeness (QED) is 0.666. The number of carbonyl (C=O) groups excluding carboxylic acids is 2. The van der Waals surface area contributed by atoms with E-state index in [2.05, 4.69) is 5.32 Å². The molecule has 26 heavy (non-hydrogen) atoms. The SMILES string of the molecule is CCOc1cc(/C=C/C(=O)N(CC)CC(=O)NC(C)C)cc(Cl)c1OC. The highest BCUT2D eigenvalue weighted by molar-refractivity contribution is 6.32. The molecular formula is C19H27ClN2O4. The molecule has 144 valence electrons. The molecule has 0 fully saturated rings. The maximum absolute atomic E-state index is 12.4. The van der Waals surface area contributed by atoms with Crippen molar-refractivity contribution in [3.8, 4) is 11.5 Å². The number of rotatable bonds is 9. The van der Waals surface area contributed by atoms with Crippen molar-refractivity contribution in [2.75, 3.05) is 26.8 Å². The predicted molar refractivity (Wildman–Crippen MR) is 104 cm³/mol. The Balaban J connectivity index is 2.90. The van der Waals surface area contributed by atoms with Gasteiger partial charge in [-0.1, -0.05) is 11.6 Å². The topological polar surface area (TPSA) is 67.9 Å². The van der Waals surface area contributed by atoms with Gasteiger partial charge in [-0.3, -0.25) is 9.59 Å². The van der Waals surface area contributed by atoms with E-state index in [1.54, 1.807) is 18.2 Å². The third-order valence-corrected chi connectivity index (χ3v) is 3.71. The van der Waals surface area contributed by atoms with Gasteiger partial charge in [0.05, 0.1) is 25.3 Å². The second-order valence-electron chi connectivity index (χ2n) is 5.88. The first-order valence-corrected chi connectivity index (χ1v) is 8.96. The van der Waals surface area contributed by atoms with Crippen LogP contribution in [0.15, 0.2) is 18.2 Å². The van der Waals surface area contributed by atoms with E-state index in [0.29, 0.717) is 35.2 Å². The average Bonchev–Trinajstić information content (AvgIpc) is 2.57. The van der Waals surface area contributed by atoms with E-state index in [1.807, 2.05) is 27.7 Å². The summed E-state index contributed by atoms with van der Waals surface area (Å²) in [6.45, 7) is 8.35. The Morgan fingerprint density at radius 2 is 2.00 bits per heavy atom. The Morgan fingerprint density at radius 3 is 2.54 bits per heavy atom. The minimum absolute atomic E-state index is 0.0193. The molecule has 1 aromatic carbocycles. The lowest BCUT2D eigenvalue weighted by Gasteiger charge is -2.19. The first kappa shape index (κ1) is 21.8. The number of amides is 2. The van der Waals surface area contributed by atoms with Crippen molar-refractivity contribution in [2.24, 2.45) is 0 Å². The minimum Gasteiger partial charge on any atom is -0.491 e. The molecule has 2 amide bonds. The first-order chi connectivity index (χ1) is 12.3. The largest absolute Gasteiger partial charge is 0.491 e. The summed E-state index contributed by atoms with van der Waals surface area (Å²) in [4.78, 5) is 25.7. The molecule has 1 rings (SSSR count). The van der Waals surface area contributed by atoms with E-state index in [4.69, 9.17) is 21.1 Å². The third-order valence-electron chi connectivity index (χ3n) is 3.43. The van der Waals surface area contributed by atoms with Crippen molar-refractivity contribution >= 4 is 29.5 Å². The van der Waals surface area contributed by atoms with Gasteiger partial charge >= 0.3 is 0 Å². The molecule has 0 aliphatic rings. The van der Waals surface area contributed by atoms with Crippen LogP contribution in [0.25, 0.3) is 6.08 Å². The summed E-state index contributed by atoms with van der Waals surface area (Å²) in [6, 6.07) is 3.47. The van der Waals surface area contributed by atoms with Crippen LogP contribution in [0.5, 0.6) is 11.5 Å². The molecule has 1 N–H and O–H groups in total. The fourth-order valence-electron chi connectivity index (χ4n) is 2.30. The summed E-state index contributed by atoms with van der Waals surface area (Å²) in [5.74, 6) is 0.529. The first-order valence-electron chi connectivity index (χ1n) is 8.58. The van der Waals surface area contributed by atoms with E-state index in [0.717, 1.165) is 0 Å². The van der Waals surface area contributed by atoms with Crippen LogP contribution in [0.3, 0.4) is 0 Å². The van der Waals surface area contributed by atoms with Gasteiger partial charge in [-0.2, -0.15) is 0 Å². The Morgan fingerprint density at radius 1 is 1.31 bits per heavy atom. The van der Waals surface area contributed by atoms with Gasteiger partial charge in [0, 0.05) is 18.7 Å². The highest BCUT2D eigenvalue weighted by Crippen LogP contribution is 2.36. The van der Waals surface area contributed by atoms with Gasteiger partial charge in [0.1, 0.15) is 0 Å². The number of hydrogen-bond acceptors (Lipinski definition) is 4. The van der Waals surface area contributed by atoms with Crippen molar-refractivity contribution in [2.45, 2.75) is 33.7 Å². The van der Waals surface area contributed by atoms with E-state index in [-0.39, 0.29) is 24.4 Å². The number of hydrogen-bond donors (Lipinski definition) is 1. The van der Waals surface area contributed by atoms with Crippen molar-refractivity contribution in [1.29, 1.82) is 0 Å². The van der Waals surface area contributed by atoms with Crippen LogP contribution in [-0.2, 0) is 9.59 Å². The number of ether oxygens (including phenoxy) is 2. The zero-order valence-electron chi connectivity index (χ0n) is 16.0. The van der Waals surface area contributed by atoms with Gasteiger partial charge in [-0.25, -0.2) is 0 Å². The molecule has 0 heterocycles. The van der Waals surface area contributed by atoms with Gasteiger partial charge in [0.15, 0.2) is 11.5 Å². The number of halogens is 1. The zero-order chi connectivity index (χ0) is 19.7. The molecule has 0 aliphatic heterocycles. The van der Waals surface area contributed by atoms with Crippen molar-refractivity contribution in [3.05, 3.63) is 28.8 Å². The minimum atomic E-state index is -0.253. The van der Waals surface area contributed by atoms with Crippen molar-refractivity contribution in [3.63, 3.8) is 0 Å². The highest BCUT2D eigenvalue weighted by atomic mass is 35.5. The standard InChI is InChI=1S/C19H27ClN2O4/c1-6-22(12-17(23)21-13(3)4)18(24)9-8-14-10-15(20)19(25-5)16(11-14)26-7-2/h8-11,13H,6-7,12H2,1-5H3,(H,21,23)/b9-8+. The van der Waals surface area contributed by atoms with Gasteiger partial charge < -0.3 is 19.7 Å². The molecule has 7 heteroatoms. The number of carbonyl (C=O) groups is 2. The smallest absolute Gasteiger partial charge is 0.247 e. The number of nitrogens with one attached hydrogen (secondary N) is 1. The van der Waals surface area contributed by atoms with Crippen LogP contribution in [0.1, 0.15) is 33.3 Å². The maximum Gasteiger partial charge on any atom is 0.247 e. The Bertz CT molecular complexity index is 659. The molecule has 6 nitrogen and oxygen atoms in total. The van der Waals surface area contributed by atoms with Gasteiger partial charge in [-0.05, 0) is 51.5 Å². The lowest BCUT2D eigenvalue weighted by atomic mass is 10.2. The monoisotopic (exact) mass is 382 g/mol. The van der Waals surface area contributed by atoms with Gasteiger partial charge in [0.25, 0.3) is 0 Å². The van der Waals surface area contributed by atoms with Crippen LogP contribution in [0, 0.1) is 0 Å². The Hall–Kier alpha value is -2.21. The number of likely N-dealkylation sites (N-methyl/N-ethyl adjacent to an activating group) is 1. The van der Waals surface area contributed by atoms with Crippen LogP contribution < -0.4 is 14.8 Å². The summed E-state index contributed by atoms with van der Waals surface area (Å²) in [7, 11) is 1.52. The second-order valence-corrected chi connectivity index (χ2v) is 6.28. The summed E-state index contributed by atoms with van der Waals surface area (Å²) in [5.41, 5.74) is 0.704. The van der Waals surface area contributed by atoms with Crippen molar-refractivity contribution in [1.82, 2.24) is 10.2 Å². The van der Waals surface area contributed by atoms with Gasteiger partial charge in [-0.15, -0.1) is 0 Å². The molecular weight excluding hydrogens is 356 g/mol. The van der Waals surface area contributed by atoms with Crippen LogP contribution in [-0.4, -0.2) is 49.6 Å². The normalized spacial score (nSPS) is 10.9. The summed E-state index contributed by atoms with van der Waals surface area (Å²) < 4.78 is 10.8. The van der Waals surface area contributed by atoms with Gasteiger partial charge in [0.2, 0.25) is 11.8 Å². The molecule has 0 unspecified atom stereocenters. The van der Waals surface area contributed by atoms with E-state index < -0.39 is 0 Å². The Labute approximate surface area is 160 Å². The molecule has 0 spiro atoms. The number of benzene rings is 1. The molecule has 0 saturated carbocycles. The molecule has 1 aromatic rings. The van der Waals surface area contributed by atoms with Crippen LogP contribution >= 0.6 is 11.6 Å². The fourth-order valence-corrected chi connectivity index (χ4v) is 2.60. The lowest BCUT2D eigenvalue weighted by molar-refractivity contribution is -0.132. The fraction of sp³-hybridized carbons (Fsp3) is 0.474. The van der Waals surface area contributed by atoms with Crippen LogP contribution in [0.4, 0.5) is 0 Å². The molecule has 0 bridgehead atoms. The maximum atomic E-state index is 12.4. The third kappa shape index (κ3) is 6.59. The van der Waals surface area contributed by atoms with Crippen molar-refractivity contribution < 1.29 is 19.1 Å². The number of methoxy groups -OCH3 is 1. The Kier molecular flexibility index (Phi) is 8.99. The van der Waals surface area contributed by atoms with E-state index in [9.17, 15) is 9.59 Å². The highest BCUT2D eigenvalue weighted by Gasteiger charge is 2.14. The average molecular weight is 383 g/mol. The molecule has 0 saturated heterocycles. The molecule has 0 aliphatic carbocycles. The van der Waals surface area contributed by atoms with E-state index >= 15 is 0 Å². The zero-order valence-corrected chi connectivity index (χ0v) is 16.7. The number of nitrogens with zero attached hydrogens (tertiary/aromatic N) is 1. The second kappa shape index (κ2) is 10.7. The molecule has 0 aromatic heterocycles. The summed E-state index contributed by atoms with van der Waals surface area (Å²) >= 11 is 6.21. The molecule has 0 radical (unpaired) electrons. The van der Waals surface area contributed by atoms with E-state index in [1.165, 1.54) is 18.1 Å². The summed E-state index contributed by atoms with van der Waals surface area (Å²) in [6.07, 6.45) is 3.05. The molecule has 0 atom stereocenters.